The van der Waals surface area contributed by atoms with E-state index in [1.54, 1.807) is 18.2 Å². The van der Waals surface area contributed by atoms with Crippen LogP contribution < -0.4 is 0 Å². The van der Waals surface area contributed by atoms with Gasteiger partial charge in [0.25, 0.3) is 0 Å². The molecule has 0 bridgehead atoms. The molecule has 1 aliphatic rings. The molecule has 1 rings (SSSR count). The molecule has 3 nitrogen and oxygen atoms in total. The molecule has 0 aromatic rings. The first-order valence-corrected chi connectivity index (χ1v) is 3.75. The van der Waals surface area contributed by atoms with Crippen molar-refractivity contribution < 1.29 is 9.94 Å². The second kappa shape index (κ2) is 3.76. The highest BCUT2D eigenvalue weighted by molar-refractivity contribution is 6.19. The van der Waals surface area contributed by atoms with Crippen molar-refractivity contribution in [2.24, 2.45) is 0 Å². The first-order chi connectivity index (χ1) is 5.29. The standard InChI is InChI=1S/C7H9ClNO2/c1-11-7-4-2-3-6(5-8)9(7)10/h2-4,7H,5H2,1H3. The molecule has 0 fully saturated rings. The van der Waals surface area contributed by atoms with Crippen molar-refractivity contribution in [1.29, 1.82) is 0 Å². The van der Waals surface area contributed by atoms with E-state index in [0.717, 1.165) is 5.06 Å². The van der Waals surface area contributed by atoms with E-state index in [1.165, 1.54) is 7.11 Å². The normalized spacial score (nSPS) is 23.7. The third kappa shape index (κ3) is 1.74. The van der Waals surface area contributed by atoms with Crippen LogP contribution in [-0.2, 0) is 9.94 Å². The lowest BCUT2D eigenvalue weighted by molar-refractivity contribution is -0.209. The molecule has 11 heavy (non-hydrogen) atoms. The maximum atomic E-state index is 11.2. The zero-order valence-electron chi connectivity index (χ0n) is 6.16. The van der Waals surface area contributed by atoms with Crippen LogP contribution in [0.2, 0.25) is 0 Å². The fourth-order valence-electron chi connectivity index (χ4n) is 0.854. The molecule has 1 atom stereocenters. The summed E-state index contributed by atoms with van der Waals surface area (Å²) in [5.41, 5.74) is 0.529. The van der Waals surface area contributed by atoms with Crippen molar-refractivity contribution in [3.05, 3.63) is 23.9 Å². The smallest absolute Gasteiger partial charge is 0.175 e. The predicted molar refractivity (Wildman–Crippen MR) is 41.3 cm³/mol. The zero-order chi connectivity index (χ0) is 8.27. The summed E-state index contributed by atoms with van der Waals surface area (Å²) in [7, 11) is 1.48. The van der Waals surface area contributed by atoms with Gasteiger partial charge in [-0.1, -0.05) is 11.3 Å². The maximum Gasteiger partial charge on any atom is 0.175 e. The van der Waals surface area contributed by atoms with Gasteiger partial charge in [0.2, 0.25) is 0 Å². The average Bonchev–Trinajstić information content (AvgIpc) is 2.05. The van der Waals surface area contributed by atoms with Crippen molar-refractivity contribution in [3.63, 3.8) is 0 Å². The Balaban J connectivity index is 2.68. The molecule has 0 amide bonds. The number of ether oxygens (including phenoxy) is 1. The summed E-state index contributed by atoms with van der Waals surface area (Å²) in [4.78, 5) is 0. The Hall–Kier alpha value is -0.510. The van der Waals surface area contributed by atoms with E-state index in [-0.39, 0.29) is 5.88 Å². The van der Waals surface area contributed by atoms with Crippen molar-refractivity contribution in [3.8, 4) is 0 Å². The SMILES string of the molecule is COC1C=CC=C(CCl)N1[O]. The Bertz CT molecular complexity index is 191. The van der Waals surface area contributed by atoms with Gasteiger partial charge in [-0.2, -0.15) is 5.06 Å². The van der Waals surface area contributed by atoms with Gasteiger partial charge >= 0.3 is 0 Å². The third-order valence-corrected chi connectivity index (χ3v) is 1.73. The van der Waals surface area contributed by atoms with E-state index in [0.29, 0.717) is 5.70 Å². The molecule has 0 aromatic heterocycles. The molecule has 0 aromatic carbocycles. The van der Waals surface area contributed by atoms with E-state index in [2.05, 4.69) is 0 Å². The fraction of sp³-hybridized carbons (Fsp3) is 0.429. The minimum absolute atomic E-state index is 0.216. The highest BCUT2D eigenvalue weighted by atomic mass is 35.5. The van der Waals surface area contributed by atoms with Crippen LogP contribution in [-0.4, -0.2) is 24.3 Å². The quantitative estimate of drug-likeness (QED) is 0.591. The Kier molecular flexibility index (Phi) is 2.93. The van der Waals surface area contributed by atoms with Crippen molar-refractivity contribution in [2.45, 2.75) is 6.23 Å². The summed E-state index contributed by atoms with van der Waals surface area (Å²) < 4.78 is 4.86. The van der Waals surface area contributed by atoms with Crippen LogP contribution in [0.5, 0.6) is 0 Å². The number of halogens is 1. The second-order valence-corrected chi connectivity index (χ2v) is 2.40. The summed E-state index contributed by atoms with van der Waals surface area (Å²) in [5.74, 6) is 0.216. The summed E-state index contributed by atoms with van der Waals surface area (Å²) in [6, 6.07) is 0. The zero-order valence-corrected chi connectivity index (χ0v) is 6.91. The highest BCUT2D eigenvalue weighted by Gasteiger charge is 2.18. The Morgan fingerprint density at radius 2 is 2.55 bits per heavy atom. The maximum absolute atomic E-state index is 11.2. The van der Waals surface area contributed by atoms with Gasteiger partial charge < -0.3 is 4.74 Å². The number of hydroxylamine groups is 2. The summed E-state index contributed by atoms with van der Waals surface area (Å²) in [5, 5.41) is 11.9. The van der Waals surface area contributed by atoms with Crippen LogP contribution in [0.3, 0.4) is 0 Å². The number of alkyl halides is 1. The molecule has 1 heterocycles. The van der Waals surface area contributed by atoms with Crippen LogP contribution >= 0.6 is 11.6 Å². The monoisotopic (exact) mass is 174 g/mol. The van der Waals surface area contributed by atoms with Gasteiger partial charge in [-0.25, -0.2) is 0 Å². The largest absolute Gasteiger partial charge is 0.356 e. The third-order valence-electron chi connectivity index (χ3n) is 1.46. The predicted octanol–water partition coefficient (Wildman–Crippen LogP) is 1.30. The molecule has 61 valence electrons. The lowest BCUT2D eigenvalue weighted by atomic mass is 10.3. The van der Waals surface area contributed by atoms with E-state index >= 15 is 0 Å². The topological polar surface area (TPSA) is 32.4 Å². The van der Waals surface area contributed by atoms with E-state index in [9.17, 15) is 5.21 Å². The average molecular weight is 175 g/mol. The van der Waals surface area contributed by atoms with Crippen molar-refractivity contribution in [1.82, 2.24) is 5.06 Å². The van der Waals surface area contributed by atoms with E-state index in [4.69, 9.17) is 16.3 Å². The molecular weight excluding hydrogens is 166 g/mol. The first kappa shape index (κ1) is 8.59. The highest BCUT2D eigenvalue weighted by Crippen LogP contribution is 2.15. The number of nitrogens with zero attached hydrogens (tertiary/aromatic N) is 1. The fourth-order valence-corrected chi connectivity index (χ4v) is 1.06. The van der Waals surface area contributed by atoms with Gasteiger partial charge in [-0.15, -0.1) is 11.6 Å². The minimum Gasteiger partial charge on any atom is -0.356 e. The molecular formula is C7H9ClNO2. The van der Waals surface area contributed by atoms with Gasteiger partial charge in [-0.05, 0) is 12.2 Å². The summed E-state index contributed by atoms with van der Waals surface area (Å²) in [6.45, 7) is 0. The second-order valence-electron chi connectivity index (χ2n) is 2.13. The van der Waals surface area contributed by atoms with Crippen LogP contribution in [0, 0.1) is 0 Å². The lowest BCUT2D eigenvalue weighted by Crippen LogP contribution is -2.32. The Labute approximate surface area is 70.5 Å². The molecule has 0 saturated heterocycles. The Morgan fingerprint density at radius 3 is 3.09 bits per heavy atom. The number of hydrogen-bond donors (Lipinski definition) is 0. The summed E-state index contributed by atoms with van der Waals surface area (Å²) in [6.07, 6.45) is 4.59. The molecule has 0 spiro atoms. The molecule has 1 unspecified atom stereocenters. The van der Waals surface area contributed by atoms with Crippen molar-refractivity contribution >= 4 is 11.6 Å². The van der Waals surface area contributed by atoms with E-state index in [1.807, 2.05) is 0 Å². The molecule has 0 N–H and O–H groups in total. The van der Waals surface area contributed by atoms with E-state index < -0.39 is 6.23 Å². The Morgan fingerprint density at radius 1 is 1.82 bits per heavy atom. The van der Waals surface area contributed by atoms with Gasteiger partial charge in [-0.3, -0.25) is 0 Å². The number of hydrogen-bond acceptors (Lipinski definition) is 2. The van der Waals surface area contributed by atoms with Gasteiger partial charge in [0, 0.05) is 7.11 Å². The van der Waals surface area contributed by atoms with Crippen LogP contribution in [0.25, 0.3) is 0 Å². The summed E-state index contributed by atoms with van der Waals surface area (Å²) >= 11 is 5.50. The number of methoxy groups -OCH3 is 1. The van der Waals surface area contributed by atoms with Gasteiger partial charge in [0.05, 0.1) is 11.6 Å². The minimum atomic E-state index is -0.520. The van der Waals surface area contributed by atoms with Crippen LogP contribution in [0.15, 0.2) is 23.9 Å². The molecule has 1 radical (unpaired) electrons. The molecule has 1 aliphatic heterocycles. The number of allylic oxidation sites excluding steroid dienone is 3. The van der Waals surface area contributed by atoms with Gasteiger partial charge in [0.15, 0.2) is 6.23 Å². The lowest BCUT2D eigenvalue weighted by Gasteiger charge is -2.24. The van der Waals surface area contributed by atoms with Crippen LogP contribution in [0.4, 0.5) is 0 Å². The molecule has 0 aliphatic carbocycles. The van der Waals surface area contributed by atoms with Crippen molar-refractivity contribution in [2.75, 3.05) is 13.0 Å². The van der Waals surface area contributed by atoms with Gasteiger partial charge in [0.1, 0.15) is 0 Å². The first-order valence-electron chi connectivity index (χ1n) is 3.22. The van der Waals surface area contributed by atoms with Crippen LogP contribution in [0.1, 0.15) is 0 Å². The molecule has 4 heteroatoms. The number of rotatable bonds is 2. The molecule has 0 saturated carbocycles.